The maximum atomic E-state index is 5.27. The first-order valence-electron chi connectivity index (χ1n) is 4.12. The molecule has 0 spiro atoms. The molecular formula is C9H17NO. The molecule has 1 atom stereocenters. The van der Waals surface area contributed by atoms with Crippen LogP contribution in [-0.4, -0.2) is 25.8 Å². The van der Waals surface area contributed by atoms with Gasteiger partial charge in [0.1, 0.15) is 0 Å². The van der Waals surface area contributed by atoms with Gasteiger partial charge in [0.25, 0.3) is 0 Å². The van der Waals surface area contributed by atoms with Crippen molar-refractivity contribution in [2.45, 2.75) is 26.3 Å². The van der Waals surface area contributed by atoms with E-state index in [1.54, 1.807) is 0 Å². The molecule has 0 fully saturated rings. The Balaban J connectivity index is 3.30. The first kappa shape index (κ1) is 10.5. The second-order valence-electron chi connectivity index (χ2n) is 2.26. The molecule has 0 radical (unpaired) electrons. The van der Waals surface area contributed by atoms with E-state index in [0.29, 0.717) is 0 Å². The molecule has 64 valence electrons. The lowest BCUT2D eigenvalue weighted by Gasteiger charge is -2.10. The van der Waals surface area contributed by atoms with Crippen molar-refractivity contribution in [1.29, 1.82) is 0 Å². The van der Waals surface area contributed by atoms with Crippen molar-refractivity contribution in [3.63, 3.8) is 0 Å². The number of rotatable bonds is 6. The van der Waals surface area contributed by atoms with E-state index in [9.17, 15) is 0 Å². The molecule has 0 aliphatic carbocycles. The number of hydrogen-bond acceptors (Lipinski definition) is 2. The second kappa shape index (κ2) is 7.59. The zero-order valence-corrected chi connectivity index (χ0v) is 7.39. The standard InChI is InChI=1S/C9H17NO/c1-4-9(10-5-2)7-8-11-6-3/h1,9-10H,5-8H2,2-3H3. The molecule has 2 nitrogen and oxygen atoms in total. The van der Waals surface area contributed by atoms with E-state index in [0.717, 1.165) is 26.2 Å². The molecular weight excluding hydrogens is 138 g/mol. The van der Waals surface area contributed by atoms with E-state index >= 15 is 0 Å². The van der Waals surface area contributed by atoms with E-state index in [1.807, 2.05) is 13.8 Å². The van der Waals surface area contributed by atoms with Crippen molar-refractivity contribution in [1.82, 2.24) is 5.32 Å². The molecule has 0 aromatic carbocycles. The third-order valence-electron chi connectivity index (χ3n) is 1.41. The lowest BCUT2D eigenvalue weighted by Crippen LogP contribution is -2.28. The molecule has 0 aromatic heterocycles. The van der Waals surface area contributed by atoms with Gasteiger partial charge in [0, 0.05) is 13.2 Å². The molecule has 0 bridgehead atoms. The number of hydrogen-bond donors (Lipinski definition) is 1. The number of terminal acetylenes is 1. The van der Waals surface area contributed by atoms with Crippen molar-refractivity contribution < 1.29 is 4.74 Å². The largest absolute Gasteiger partial charge is 0.382 e. The minimum Gasteiger partial charge on any atom is -0.382 e. The van der Waals surface area contributed by atoms with Gasteiger partial charge in [-0.3, -0.25) is 0 Å². The summed E-state index contributed by atoms with van der Waals surface area (Å²) < 4.78 is 5.18. The third kappa shape index (κ3) is 5.90. The van der Waals surface area contributed by atoms with E-state index in [4.69, 9.17) is 11.2 Å². The Hall–Kier alpha value is -0.520. The van der Waals surface area contributed by atoms with Crippen LogP contribution >= 0.6 is 0 Å². The lowest BCUT2D eigenvalue weighted by molar-refractivity contribution is 0.141. The summed E-state index contributed by atoms with van der Waals surface area (Å²) in [6, 6.07) is 0.173. The van der Waals surface area contributed by atoms with Crippen LogP contribution in [0.3, 0.4) is 0 Å². The number of nitrogens with one attached hydrogen (secondary N) is 1. The Labute approximate surface area is 69.3 Å². The summed E-state index contributed by atoms with van der Waals surface area (Å²) in [4.78, 5) is 0. The van der Waals surface area contributed by atoms with Gasteiger partial charge in [0.15, 0.2) is 0 Å². The van der Waals surface area contributed by atoms with Crippen molar-refractivity contribution >= 4 is 0 Å². The Bertz CT molecular complexity index is 117. The fourth-order valence-corrected chi connectivity index (χ4v) is 0.836. The highest BCUT2D eigenvalue weighted by Gasteiger charge is 2.00. The van der Waals surface area contributed by atoms with Gasteiger partial charge in [-0.05, 0) is 19.9 Å². The minimum atomic E-state index is 0.173. The molecule has 2 heteroatoms. The van der Waals surface area contributed by atoms with Gasteiger partial charge in [-0.2, -0.15) is 0 Å². The Morgan fingerprint density at radius 1 is 1.55 bits per heavy atom. The van der Waals surface area contributed by atoms with Crippen LogP contribution in [0.2, 0.25) is 0 Å². The maximum absolute atomic E-state index is 5.27. The molecule has 1 unspecified atom stereocenters. The quantitative estimate of drug-likeness (QED) is 0.457. The van der Waals surface area contributed by atoms with Gasteiger partial charge < -0.3 is 10.1 Å². The summed E-state index contributed by atoms with van der Waals surface area (Å²) in [7, 11) is 0. The lowest BCUT2D eigenvalue weighted by atomic mass is 10.2. The maximum Gasteiger partial charge on any atom is 0.0708 e. The van der Waals surface area contributed by atoms with Crippen LogP contribution in [0.4, 0.5) is 0 Å². The average Bonchev–Trinajstić information content (AvgIpc) is 2.03. The van der Waals surface area contributed by atoms with Crippen LogP contribution in [0, 0.1) is 12.3 Å². The summed E-state index contributed by atoms with van der Waals surface area (Å²) in [6.07, 6.45) is 6.17. The SMILES string of the molecule is C#CC(CCOCC)NCC. The Morgan fingerprint density at radius 3 is 2.73 bits per heavy atom. The summed E-state index contributed by atoms with van der Waals surface area (Å²) in [6.45, 7) is 6.46. The van der Waals surface area contributed by atoms with Gasteiger partial charge in [-0.1, -0.05) is 12.8 Å². The first-order valence-corrected chi connectivity index (χ1v) is 4.12. The molecule has 0 heterocycles. The van der Waals surface area contributed by atoms with Crippen LogP contribution in [0.5, 0.6) is 0 Å². The fourth-order valence-electron chi connectivity index (χ4n) is 0.836. The van der Waals surface area contributed by atoms with E-state index in [1.165, 1.54) is 0 Å². The van der Waals surface area contributed by atoms with Crippen LogP contribution < -0.4 is 5.32 Å². The van der Waals surface area contributed by atoms with Crippen molar-refractivity contribution in [2.24, 2.45) is 0 Å². The Kier molecular flexibility index (Phi) is 7.23. The summed E-state index contributed by atoms with van der Waals surface area (Å²) in [5.74, 6) is 2.67. The molecule has 0 aliphatic rings. The molecule has 1 N–H and O–H groups in total. The molecule has 0 saturated heterocycles. The second-order valence-corrected chi connectivity index (χ2v) is 2.26. The fraction of sp³-hybridized carbons (Fsp3) is 0.778. The van der Waals surface area contributed by atoms with E-state index in [-0.39, 0.29) is 6.04 Å². The van der Waals surface area contributed by atoms with Crippen LogP contribution in [0.15, 0.2) is 0 Å². The summed E-state index contributed by atoms with van der Waals surface area (Å²) >= 11 is 0. The van der Waals surface area contributed by atoms with Crippen molar-refractivity contribution in [3.05, 3.63) is 0 Å². The summed E-state index contributed by atoms with van der Waals surface area (Å²) in [5.41, 5.74) is 0. The average molecular weight is 155 g/mol. The number of ether oxygens (including phenoxy) is 1. The Morgan fingerprint density at radius 2 is 2.27 bits per heavy atom. The van der Waals surface area contributed by atoms with E-state index in [2.05, 4.69) is 11.2 Å². The highest BCUT2D eigenvalue weighted by molar-refractivity contribution is 4.98. The van der Waals surface area contributed by atoms with Crippen molar-refractivity contribution in [2.75, 3.05) is 19.8 Å². The van der Waals surface area contributed by atoms with Gasteiger partial charge in [0.2, 0.25) is 0 Å². The predicted octanol–water partition coefficient (Wildman–Crippen LogP) is 1.02. The molecule has 0 amide bonds. The molecule has 11 heavy (non-hydrogen) atoms. The van der Waals surface area contributed by atoms with Crippen LogP contribution in [-0.2, 0) is 4.74 Å². The third-order valence-corrected chi connectivity index (χ3v) is 1.41. The topological polar surface area (TPSA) is 21.3 Å². The molecule has 0 saturated carbocycles. The molecule has 0 rings (SSSR count). The highest BCUT2D eigenvalue weighted by Crippen LogP contribution is 1.90. The summed E-state index contributed by atoms with van der Waals surface area (Å²) in [5, 5.41) is 3.18. The smallest absolute Gasteiger partial charge is 0.0708 e. The zero-order chi connectivity index (χ0) is 8.53. The zero-order valence-electron chi connectivity index (χ0n) is 7.39. The predicted molar refractivity (Wildman–Crippen MR) is 47.4 cm³/mol. The van der Waals surface area contributed by atoms with E-state index < -0.39 is 0 Å². The van der Waals surface area contributed by atoms with Crippen LogP contribution in [0.1, 0.15) is 20.3 Å². The van der Waals surface area contributed by atoms with Gasteiger partial charge in [-0.15, -0.1) is 6.42 Å². The van der Waals surface area contributed by atoms with Gasteiger partial charge >= 0.3 is 0 Å². The first-order chi connectivity index (χ1) is 5.35. The molecule has 0 aliphatic heterocycles. The minimum absolute atomic E-state index is 0.173. The molecule has 0 aromatic rings. The van der Waals surface area contributed by atoms with Crippen LogP contribution in [0.25, 0.3) is 0 Å². The van der Waals surface area contributed by atoms with Gasteiger partial charge in [0.05, 0.1) is 6.04 Å². The van der Waals surface area contributed by atoms with Gasteiger partial charge in [-0.25, -0.2) is 0 Å². The van der Waals surface area contributed by atoms with Crippen molar-refractivity contribution in [3.8, 4) is 12.3 Å². The normalized spacial score (nSPS) is 12.5. The highest BCUT2D eigenvalue weighted by atomic mass is 16.5. The monoisotopic (exact) mass is 155 g/mol.